The molecule has 1 saturated heterocycles. The standard InChI is InChI=1S/C17H21N5O/c1-2-4-14(5-3-1)17-10-16(23-20-17)11-21-8-6-15(7-9-21)22-12-18-19-13-22/h1-5,12-13,15-16H,6-11H2/t16-/m1/s1. The fourth-order valence-electron chi connectivity index (χ4n) is 3.41. The van der Waals surface area contributed by atoms with Crippen LogP contribution in [0.25, 0.3) is 0 Å². The van der Waals surface area contributed by atoms with Gasteiger partial charge in [0.05, 0.1) is 5.71 Å². The van der Waals surface area contributed by atoms with Gasteiger partial charge in [0.2, 0.25) is 0 Å². The molecular weight excluding hydrogens is 290 g/mol. The summed E-state index contributed by atoms with van der Waals surface area (Å²) in [6, 6.07) is 10.8. The van der Waals surface area contributed by atoms with E-state index in [1.807, 2.05) is 30.9 Å². The predicted octanol–water partition coefficient (Wildman–Crippen LogP) is 2.11. The zero-order valence-electron chi connectivity index (χ0n) is 13.1. The van der Waals surface area contributed by atoms with Crippen LogP contribution >= 0.6 is 0 Å². The first-order valence-electron chi connectivity index (χ1n) is 8.23. The molecule has 2 aliphatic heterocycles. The van der Waals surface area contributed by atoms with Gasteiger partial charge in [0, 0.05) is 32.1 Å². The topological polar surface area (TPSA) is 55.5 Å². The van der Waals surface area contributed by atoms with Crippen LogP contribution in [0.1, 0.15) is 30.9 Å². The number of rotatable bonds is 4. The smallest absolute Gasteiger partial charge is 0.145 e. The van der Waals surface area contributed by atoms with Crippen molar-refractivity contribution in [2.24, 2.45) is 5.16 Å². The maximum absolute atomic E-state index is 5.64. The van der Waals surface area contributed by atoms with Gasteiger partial charge < -0.3 is 9.40 Å². The number of piperidine rings is 1. The molecule has 0 unspecified atom stereocenters. The minimum absolute atomic E-state index is 0.177. The van der Waals surface area contributed by atoms with E-state index in [-0.39, 0.29) is 6.10 Å². The van der Waals surface area contributed by atoms with Crippen LogP contribution in [0.4, 0.5) is 0 Å². The van der Waals surface area contributed by atoms with Crippen molar-refractivity contribution in [3.05, 3.63) is 48.5 Å². The molecule has 1 atom stereocenters. The van der Waals surface area contributed by atoms with E-state index in [9.17, 15) is 0 Å². The summed E-state index contributed by atoms with van der Waals surface area (Å²) in [6.45, 7) is 3.13. The summed E-state index contributed by atoms with van der Waals surface area (Å²) in [5.74, 6) is 0. The lowest BCUT2D eigenvalue weighted by Gasteiger charge is -2.33. The summed E-state index contributed by atoms with van der Waals surface area (Å²) >= 11 is 0. The Morgan fingerprint density at radius 1 is 1.04 bits per heavy atom. The van der Waals surface area contributed by atoms with E-state index in [0.29, 0.717) is 6.04 Å². The van der Waals surface area contributed by atoms with E-state index in [4.69, 9.17) is 4.84 Å². The first kappa shape index (κ1) is 14.4. The van der Waals surface area contributed by atoms with Crippen molar-refractivity contribution < 1.29 is 4.84 Å². The zero-order valence-corrected chi connectivity index (χ0v) is 13.1. The second kappa shape index (κ2) is 6.50. The molecule has 0 aliphatic carbocycles. The fourth-order valence-corrected chi connectivity index (χ4v) is 3.41. The number of oxime groups is 1. The molecule has 2 aliphatic rings. The van der Waals surface area contributed by atoms with Gasteiger partial charge in [-0.1, -0.05) is 35.5 Å². The highest BCUT2D eigenvalue weighted by atomic mass is 16.6. The summed E-state index contributed by atoms with van der Waals surface area (Å²) in [5, 5.41) is 12.1. The highest BCUT2D eigenvalue weighted by Gasteiger charge is 2.27. The Morgan fingerprint density at radius 3 is 2.52 bits per heavy atom. The Hall–Kier alpha value is -2.21. The minimum atomic E-state index is 0.177. The molecule has 6 nitrogen and oxygen atoms in total. The lowest BCUT2D eigenvalue weighted by atomic mass is 10.0. The fraction of sp³-hybridized carbons (Fsp3) is 0.471. The van der Waals surface area contributed by atoms with Crippen LogP contribution in [0.2, 0.25) is 0 Å². The van der Waals surface area contributed by atoms with Gasteiger partial charge in [0.1, 0.15) is 18.8 Å². The van der Waals surface area contributed by atoms with Crippen molar-refractivity contribution in [2.75, 3.05) is 19.6 Å². The molecule has 0 N–H and O–H groups in total. The van der Waals surface area contributed by atoms with Crippen LogP contribution in [0, 0.1) is 0 Å². The van der Waals surface area contributed by atoms with Gasteiger partial charge >= 0.3 is 0 Å². The van der Waals surface area contributed by atoms with Crippen LogP contribution in [0.5, 0.6) is 0 Å². The molecule has 0 spiro atoms. The van der Waals surface area contributed by atoms with Gasteiger partial charge in [-0.2, -0.15) is 0 Å². The number of benzene rings is 1. The molecule has 1 fully saturated rings. The van der Waals surface area contributed by atoms with Crippen molar-refractivity contribution >= 4 is 5.71 Å². The van der Waals surface area contributed by atoms with Gasteiger partial charge in [-0.25, -0.2) is 0 Å². The Bertz CT molecular complexity index is 647. The maximum atomic E-state index is 5.64. The number of hydrogen-bond acceptors (Lipinski definition) is 5. The third-order valence-electron chi connectivity index (χ3n) is 4.72. The average Bonchev–Trinajstić information content (AvgIpc) is 3.28. The highest BCUT2D eigenvalue weighted by Crippen LogP contribution is 2.24. The largest absolute Gasteiger partial charge is 0.390 e. The number of aromatic nitrogens is 3. The van der Waals surface area contributed by atoms with Gasteiger partial charge in [-0.3, -0.25) is 4.90 Å². The molecule has 1 aromatic carbocycles. The van der Waals surface area contributed by atoms with Gasteiger partial charge in [0.25, 0.3) is 0 Å². The van der Waals surface area contributed by atoms with Gasteiger partial charge in [-0.05, 0) is 18.4 Å². The van der Waals surface area contributed by atoms with E-state index in [1.54, 1.807) is 0 Å². The Labute approximate surface area is 135 Å². The normalized spacial score (nSPS) is 22.8. The summed E-state index contributed by atoms with van der Waals surface area (Å²) < 4.78 is 2.13. The first-order chi connectivity index (χ1) is 11.4. The van der Waals surface area contributed by atoms with E-state index in [0.717, 1.165) is 44.6 Å². The SMILES string of the molecule is c1ccc(C2=NO[C@@H](CN3CCC(n4cnnc4)CC3)C2)cc1. The molecule has 120 valence electrons. The summed E-state index contributed by atoms with van der Waals surface area (Å²) in [5.41, 5.74) is 2.23. The molecule has 0 saturated carbocycles. The lowest BCUT2D eigenvalue weighted by Crippen LogP contribution is -2.39. The van der Waals surface area contributed by atoms with Crippen molar-refractivity contribution in [2.45, 2.75) is 31.4 Å². The van der Waals surface area contributed by atoms with E-state index >= 15 is 0 Å². The molecule has 23 heavy (non-hydrogen) atoms. The molecular formula is C17H21N5O. The Balaban J connectivity index is 1.27. The van der Waals surface area contributed by atoms with E-state index < -0.39 is 0 Å². The molecule has 2 aromatic rings. The summed E-state index contributed by atoms with van der Waals surface area (Å²) in [4.78, 5) is 8.12. The third kappa shape index (κ3) is 3.27. The zero-order chi connectivity index (χ0) is 15.5. The Kier molecular flexibility index (Phi) is 4.06. The van der Waals surface area contributed by atoms with Crippen LogP contribution < -0.4 is 0 Å². The predicted molar refractivity (Wildman–Crippen MR) is 87.2 cm³/mol. The first-order valence-corrected chi connectivity index (χ1v) is 8.23. The maximum Gasteiger partial charge on any atom is 0.145 e. The molecule has 0 radical (unpaired) electrons. The van der Waals surface area contributed by atoms with Crippen LogP contribution in [-0.2, 0) is 4.84 Å². The van der Waals surface area contributed by atoms with E-state index in [2.05, 4.69) is 37.0 Å². The second-order valence-electron chi connectivity index (χ2n) is 6.28. The monoisotopic (exact) mass is 311 g/mol. The molecule has 1 aromatic heterocycles. The highest BCUT2D eigenvalue weighted by molar-refractivity contribution is 6.01. The van der Waals surface area contributed by atoms with Crippen molar-refractivity contribution in [3.63, 3.8) is 0 Å². The van der Waals surface area contributed by atoms with Gasteiger partial charge in [0.15, 0.2) is 0 Å². The van der Waals surface area contributed by atoms with E-state index in [1.165, 1.54) is 5.56 Å². The average molecular weight is 311 g/mol. The Morgan fingerprint density at radius 2 is 1.78 bits per heavy atom. The number of likely N-dealkylation sites (tertiary alicyclic amines) is 1. The number of hydrogen-bond donors (Lipinski definition) is 0. The third-order valence-corrected chi connectivity index (χ3v) is 4.72. The van der Waals surface area contributed by atoms with Crippen molar-refractivity contribution in [1.29, 1.82) is 0 Å². The minimum Gasteiger partial charge on any atom is -0.390 e. The molecule has 3 heterocycles. The van der Waals surface area contributed by atoms with Crippen LogP contribution in [0.15, 0.2) is 48.1 Å². The molecule has 4 rings (SSSR count). The molecule has 6 heteroatoms. The molecule has 0 bridgehead atoms. The van der Waals surface area contributed by atoms with Crippen molar-refractivity contribution in [1.82, 2.24) is 19.7 Å². The van der Waals surface area contributed by atoms with Crippen LogP contribution in [-0.4, -0.2) is 51.1 Å². The van der Waals surface area contributed by atoms with Crippen LogP contribution in [0.3, 0.4) is 0 Å². The van der Waals surface area contributed by atoms with Gasteiger partial charge in [-0.15, -0.1) is 10.2 Å². The quantitative estimate of drug-likeness (QED) is 0.868. The second-order valence-corrected chi connectivity index (χ2v) is 6.28. The lowest BCUT2D eigenvalue weighted by molar-refractivity contribution is 0.0426. The molecule has 0 amide bonds. The summed E-state index contributed by atoms with van der Waals surface area (Å²) in [6.07, 6.45) is 6.99. The number of nitrogens with zero attached hydrogens (tertiary/aromatic N) is 5. The summed E-state index contributed by atoms with van der Waals surface area (Å²) in [7, 11) is 0. The van der Waals surface area contributed by atoms with Crippen molar-refractivity contribution in [3.8, 4) is 0 Å².